The van der Waals surface area contributed by atoms with Crippen molar-refractivity contribution < 1.29 is 18.3 Å². The number of aromatic amines is 1. The minimum Gasteiger partial charge on any atom is -0.493 e. The fourth-order valence-corrected chi connectivity index (χ4v) is 1.12. The molecule has 0 aromatic carbocycles. The van der Waals surface area contributed by atoms with Gasteiger partial charge in [0.25, 0.3) is 5.56 Å². The highest BCUT2D eigenvalue weighted by atomic mass is 19.4. The molecule has 0 aliphatic rings. The Morgan fingerprint density at radius 2 is 2.07 bits per heavy atom. The summed E-state index contributed by atoms with van der Waals surface area (Å²) in [6.07, 6.45) is -5.61. The largest absolute Gasteiger partial charge is 0.493 e. The molecule has 84 valence electrons. The summed E-state index contributed by atoms with van der Waals surface area (Å²) >= 11 is 0. The third kappa shape index (κ3) is 2.97. The highest BCUT2D eigenvalue weighted by Crippen LogP contribution is 2.20. The second kappa shape index (κ2) is 3.92. The van der Waals surface area contributed by atoms with Crippen molar-refractivity contribution in [3.05, 3.63) is 21.7 Å². The number of alkyl halides is 3. The zero-order chi connectivity index (χ0) is 11.6. The molecular formula is C8H9F3N2O2. The maximum Gasteiger partial charge on any atom is 0.396 e. The van der Waals surface area contributed by atoms with Gasteiger partial charge in [0.1, 0.15) is 12.2 Å². The van der Waals surface area contributed by atoms with Gasteiger partial charge in [-0.15, -0.1) is 0 Å². The first-order valence-corrected chi connectivity index (χ1v) is 4.21. The van der Waals surface area contributed by atoms with Crippen molar-refractivity contribution in [2.45, 2.75) is 25.9 Å². The Kier molecular flexibility index (Phi) is 3.01. The van der Waals surface area contributed by atoms with Crippen molar-refractivity contribution in [3.63, 3.8) is 0 Å². The van der Waals surface area contributed by atoms with Gasteiger partial charge in [-0.25, -0.2) is 0 Å². The van der Waals surface area contributed by atoms with Gasteiger partial charge in [0, 0.05) is 0 Å². The Morgan fingerprint density at radius 3 is 2.47 bits per heavy atom. The van der Waals surface area contributed by atoms with E-state index in [-0.39, 0.29) is 12.0 Å². The predicted octanol–water partition coefficient (Wildman–Crippen LogP) is 1.14. The number of nitrogens with one attached hydrogen (secondary N) is 1. The fraction of sp³-hybridized carbons (Fsp3) is 0.500. The summed E-state index contributed by atoms with van der Waals surface area (Å²) in [5, 5.41) is 9.17. The van der Waals surface area contributed by atoms with Gasteiger partial charge in [-0.2, -0.15) is 18.2 Å². The van der Waals surface area contributed by atoms with Crippen molar-refractivity contribution in [1.82, 2.24) is 9.97 Å². The summed E-state index contributed by atoms with van der Waals surface area (Å²) < 4.78 is 35.8. The summed E-state index contributed by atoms with van der Waals surface area (Å²) in [6.45, 7) is 1.59. The lowest BCUT2D eigenvalue weighted by molar-refractivity contribution is -0.128. The molecule has 0 fully saturated rings. The zero-order valence-corrected chi connectivity index (χ0v) is 7.85. The molecule has 0 saturated carbocycles. The first kappa shape index (κ1) is 11.5. The number of rotatable bonds is 2. The van der Waals surface area contributed by atoms with Crippen molar-refractivity contribution in [2.75, 3.05) is 0 Å². The quantitative estimate of drug-likeness (QED) is 0.788. The molecule has 1 heterocycles. The van der Waals surface area contributed by atoms with Crippen LogP contribution in [0, 0.1) is 0 Å². The maximum absolute atomic E-state index is 11.9. The predicted molar refractivity (Wildman–Crippen MR) is 45.7 cm³/mol. The Labute approximate surface area is 82.8 Å². The number of aromatic nitrogens is 2. The van der Waals surface area contributed by atoms with Gasteiger partial charge in [0.05, 0.1) is 5.56 Å². The summed E-state index contributed by atoms with van der Waals surface area (Å²) in [5.41, 5.74) is -0.745. The molecule has 1 aromatic heterocycles. The van der Waals surface area contributed by atoms with Crippen LogP contribution in [0.4, 0.5) is 13.2 Å². The van der Waals surface area contributed by atoms with Gasteiger partial charge in [-0.3, -0.25) is 4.79 Å². The highest BCUT2D eigenvalue weighted by molar-refractivity contribution is 5.22. The number of halogens is 3. The van der Waals surface area contributed by atoms with Gasteiger partial charge in [0.2, 0.25) is 5.88 Å². The van der Waals surface area contributed by atoms with E-state index in [1.165, 1.54) is 0 Å². The van der Waals surface area contributed by atoms with Crippen LogP contribution in [0.15, 0.2) is 4.79 Å². The van der Waals surface area contributed by atoms with Crippen LogP contribution in [0.2, 0.25) is 0 Å². The van der Waals surface area contributed by atoms with E-state index in [2.05, 4.69) is 4.98 Å². The average Bonchev–Trinajstić information content (AvgIpc) is 1.99. The van der Waals surface area contributed by atoms with Crippen LogP contribution in [0.1, 0.15) is 18.3 Å². The van der Waals surface area contributed by atoms with Crippen LogP contribution in [-0.4, -0.2) is 21.3 Å². The summed E-state index contributed by atoms with van der Waals surface area (Å²) in [4.78, 5) is 16.4. The Morgan fingerprint density at radius 1 is 1.47 bits per heavy atom. The molecule has 0 unspecified atom stereocenters. The Bertz CT molecular complexity index is 411. The van der Waals surface area contributed by atoms with E-state index >= 15 is 0 Å². The molecule has 15 heavy (non-hydrogen) atoms. The van der Waals surface area contributed by atoms with Gasteiger partial charge in [-0.1, -0.05) is 6.92 Å². The van der Waals surface area contributed by atoms with E-state index in [0.29, 0.717) is 0 Å². The zero-order valence-electron chi connectivity index (χ0n) is 7.85. The molecule has 0 bridgehead atoms. The van der Waals surface area contributed by atoms with Gasteiger partial charge in [0.15, 0.2) is 0 Å². The third-order valence-corrected chi connectivity index (χ3v) is 1.76. The minimum atomic E-state index is -4.46. The Balaban J connectivity index is 3.10. The van der Waals surface area contributed by atoms with E-state index in [0.717, 1.165) is 0 Å². The number of hydrogen-bond acceptors (Lipinski definition) is 3. The van der Waals surface area contributed by atoms with Crippen molar-refractivity contribution in [2.24, 2.45) is 0 Å². The van der Waals surface area contributed by atoms with Gasteiger partial charge < -0.3 is 10.1 Å². The molecule has 0 spiro atoms. The molecule has 1 rings (SSSR count). The third-order valence-electron chi connectivity index (χ3n) is 1.76. The Hall–Kier alpha value is -1.53. The highest BCUT2D eigenvalue weighted by Gasteiger charge is 2.29. The van der Waals surface area contributed by atoms with E-state index in [9.17, 15) is 23.1 Å². The number of hydrogen-bond donors (Lipinski definition) is 2. The van der Waals surface area contributed by atoms with Crippen LogP contribution < -0.4 is 5.56 Å². The van der Waals surface area contributed by atoms with Crippen LogP contribution in [-0.2, 0) is 12.8 Å². The van der Waals surface area contributed by atoms with Crippen molar-refractivity contribution in [3.8, 4) is 5.88 Å². The minimum absolute atomic E-state index is 0.0130. The molecule has 4 nitrogen and oxygen atoms in total. The fourth-order valence-electron chi connectivity index (χ4n) is 1.12. The van der Waals surface area contributed by atoms with E-state index in [1.807, 2.05) is 4.98 Å². The van der Waals surface area contributed by atoms with Crippen molar-refractivity contribution >= 4 is 0 Å². The molecule has 0 aliphatic carbocycles. The van der Waals surface area contributed by atoms with E-state index in [4.69, 9.17) is 0 Å². The van der Waals surface area contributed by atoms with Crippen LogP contribution >= 0.6 is 0 Å². The van der Waals surface area contributed by atoms with Crippen LogP contribution in [0.25, 0.3) is 0 Å². The van der Waals surface area contributed by atoms with E-state index in [1.54, 1.807) is 6.92 Å². The van der Waals surface area contributed by atoms with Crippen molar-refractivity contribution in [1.29, 1.82) is 0 Å². The monoisotopic (exact) mass is 222 g/mol. The number of aromatic hydroxyl groups is 1. The van der Waals surface area contributed by atoms with Crippen LogP contribution in [0.3, 0.4) is 0 Å². The normalized spacial score (nSPS) is 11.7. The number of H-pyrrole nitrogens is 1. The maximum atomic E-state index is 11.9. The molecule has 0 aliphatic heterocycles. The van der Waals surface area contributed by atoms with E-state index < -0.39 is 29.9 Å². The topological polar surface area (TPSA) is 66.0 Å². The lowest BCUT2D eigenvalue weighted by Gasteiger charge is -2.06. The number of nitrogens with zero attached hydrogens (tertiary/aromatic N) is 1. The molecule has 0 atom stereocenters. The standard InChI is InChI=1S/C8H9F3N2O2/c1-2-4-6(14)12-5(13-7(4)15)3-8(9,10)11/h2-3H2,1H3,(H2,12,13,14,15). The second-order valence-corrected chi connectivity index (χ2v) is 2.96. The second-order valence-electron chi connectivity index (χ2n) is 2.96. The lowest BCUT2D eigenvalue weighted by Crippen LogP contribution is -2.21. The first-order chi connectivity index (χ1) is 6.83. The first-order valence-electron chi connectivity index (χ1n) is 4.21. The molecule has 2 N–H and O–H groups in total. The summed E-state index contributed by atoms with van der Waals surface area (Å²) in [7, 11) is 0. The molecule has 0 amide bonds. The molecule has 7 heteroatoms. The van der Waals surface area contributed by atoms with Gasteiger partial charge >= 0.3 is 6.18 Å². The SMILES string of the molecule is CCc1c(O)nc(CC(F)(F)F)[nH]c1=O. The molecular weight excluding hydrogens is 213 g/mol. The van der Waals surface area contributed by atoms with Gasteiger partial charge in [-0.05, 0) is 6.42 Å². The molecule has 1 aromatic rings. The molecule has 0 saturated heterocycles. The average molecular weight is 222 g/mol. The molecule has 0 radical (unpaired) electrons. The summed E-state index contributed by atoms with van der Waals surface area (Å²) in [6, 6.07) is 0. The van der Waals surface area contributed by atoms with Crippen LogP contribution in [0.5, 0.6) is 5.88 Å². The smallest absolute Gasteiger partial charge is 0.396 e. The lowest BCUT2D eigenvalue weighted by atomic mass is 10.2. The summed E-state index contributed by atoms with van der Waals surface area (Å²) in [5.74, 6) is -1.22.